The zero-order chi connectivity index (χ0) is 17.1. The third kappa shape index (κ3) is 3.19. The van der Waals surface area contributed by atoms with Gasteiger partial charge in [-0.2, -0.15) is 0 Å². The van der Waals surface area contributed by atoms with E-state index in [9.17, 15) is 9.18 Å². The van der Waals surface area contributed by atoms with E-state index in [2.05, 4.69) is 20.3 Å². The summed E-state index contributed by atoms with van der Waals surface area (Å²) in [5.74, 6) is -1.24. The maximum absolute atomic E-state index is 13.0. The van der Waals surface area contributed by atoms with Crippen LogP contribution in [0.15, 0.2) is 36.7 Å². The molecule has 0 unspecified atom stereocenters. The molecule has 0 bridgehead atoms. The molecule has 8 nitrogen and oxygen atoms in total. The molecule has 0 atom stereocenters. The second-order valence-electron chi connectivity index (χ2n) is 4.85. The molecule has 0 radical (unpaired) electrons. The Labute approximate surface area is 135 Å². The van der Waals surface area contributed by atoms with Gasteiger partial charge in [0, 0.05) is 19.3 Å². The molecule has 122 valence electrons. The molecular formula is C15H12FN5O3. The van der Waals surface area contributed by atoms with Crippen molar-refractivity contribution in [2.75, 3.05) is 0 Å². The first-order chi connectivity index (χ1) is 11.5. The Morgan fingerprint density at radius 3 is 2.71 bits per heavy atom. The van der Waals surface area contributed by atoms with Gasteiger partial charge in [-0.05, 0) is 18.2 Å². The van der Waals surface area contributed by atoms with Crippen molar-refractivity contribution in [3.05, 3.63) is 53.7 Å². The highest BCUT2D eigenvalue weighted by Crippen LogP contribution is 2.20. The summed E-state index contributed by atoms with van der Waals surface area (Å²) in [6.45, 7) is 0.0946. The summed E-state index contributed by atoms with van der Waals surface area (Å²) in [6.07, 6.45) is 2.31. The van der Waals surface area contributed by atoms with E-state index in [0.29, 0.717) is 17.1 Å². The maximum atomic E-state index is 13.0. The molecule has 0 aliphatic carbocycles. The monoisotopic (exact) mass is 329 g/mol. The maximum Gasteiger partial charge on any atom is 0.337 e. The number of aromatic carboxylic acids is 1. The molecule has 0 amide bonds. The second-order valence-corrected chi connectivity index (χ2v) is 4.85. The van der Waals surface area contributed by atoms with Crippen molar-refractivity contribution in [1.29, 1.82) is 0 Å². The fourth-order valence-corrected chi connectivity index (χ4v) is 1.99. The van der Waals surface area contributed by atoms with Gasteiger partial charge in [-0.25, -0.2) is 18.9 Å². The van der Waals surface area contributed by atoms with Gasteiger partial charge in [-0.15, -0.1) is 5.10 Å². The summed E-state index contributed by atoms with van der Waals surface area (Å²) in [6, 6.07) is 5.65. The van der Waals surface area contributed by atoms with E-state index in [1.54, 1.807) is 7.05 Å². The average molecular weight is 329 g/mol. The van der Waals surface area contributed by atoms with Crippen molar-refractivity contribution in [3.63, 3.8) is 0 Å². The smallest absolute Gasteiger partial charge is 0.337 e. The molecule has 3 aromatic rings. The predicted octanol–water partition coefficient (Wildman–Crippen LogP) is 1.69. The topological polar surface area (TPSA) is 103 Å². The van der Waals surface area contributed by atoms with Crippen molar-refractivity contribution >= 4 is 5.97 Å². The summed E-state index contributed by atoms with van der Waals surface area (Å²) in [7, 11) is 1.69. The summed E-state index contributed by atoms with van der Waals surface area (Å²) < 4.78 is 20.1. The number of hydrogen-bond donors (Lipinski definition) is 1. The largest absolute Gasteiger partial charge is 0.478 e. The minimum atomic E-state index is -1.06. The number of nitrogens with zero attached hydrogens (tertiary/aromatic N) is 5. The van der Waals surface area contributed by atoms with Crippen LogP contribution in [0.4, 0.5) is 4.39 Å². The van der Waals surface area contributed by atoms with Gasteiger partial charge in [0.05, 0.1) is 17.5 Å². The van der Waals surface area contributed by atoms with Crippen LogP contribution in [0.25, 0.3) is 11.4 Å². The van der Waals surface area contributed by atoms with Crippen LogP contribution in [0.1, 0.15) is 16.1 Å². The Morgan fingerprint density at radius 1 is 1.25 bits per heavy atom. The van der Waals surface area contributed by atoms with Gasteiger partial charge in [0.15, 0.2) is 0 Å². The fourth-order valence-electron chi connectivity index (χ4n) is 1.99. The van der Waals surface area contributed by atoms with Crippen molar-refractivity contribution in [1.82, 2.24) is 25.0 Å². The van der Waals surface area contributed by atoms with Gasteiger partial charge in [0.25, 0.3) is 0 Å². The highest BCUT2D eigenvalue weighted by Gasteiger charge is 2.15. The van der Waals surface area contributed by atoms with Gasteiger partial charge in [-0.1, -0.05) is 5.21 Å². The van der Waals surface area contributed by atoms with Crippen molar-refractivity contribution in [2.45, 2.75) is 6.61 Å². The Balaban J connectivity index is 1.79. The number of halogens is 1. The molecule has 0 saturated carbocycles. The Kier molecular flexibility index (Phi) is 4.15. The molecule has 3 aromatic heterocycles. The summed E-state index contributed by atoms with van der Waals surface area (Å²) in [4.78, 5) is 18.7. The van der Waals surface area contributed by atoms with Crippen molar-refractivity contribution in [3.8, 4) is 17.3 Å². The van der Waals surface area contributed by atoms with Gasteiger partial charge in [-0.3, -0.25) is 4.98 Å². The van der Waals surface area contributed by atoms with Gasteiger partial charge >= 0.3 is 5.97 Å². The number of carboxylic acids is 1. The number of carboxylic acid groups (broad SMARTS) is 1. The van der Waals surface area contributed by atoms with Crippen LogP contribution >= 0.6 is 0 Å². The van der Waals surface area contributed by atoms with E-state index in [1.165, 1.54) is 35.1 Å². The zero-order valence-corrected chi connectivity index (χ0v) is 12.5. The number of carbonyl (C=O) groups is 1. The van der Waals surface area contributed by atoms with E-state index in [-0.39, 0.29) is 18.1 Å². The highest BCUT2D eigenvalue weighted by molar-refractivity contribution is 5.87. The molecule has 24 heavy (non-hydrogen) atoms. The number of ether oxygens (including phenoxy) is 1. The first kappa shape index (κ1) is 15.5. The standard InChI is InChI=1S/C15H12FN5O3/c1-21-12(8-24-13-5-2-9(6-18-13)15(22)23)14(19-20-21)11-4-3-10(16)7-17-11/h2-7H,8H2,1H3,(H,22,23). The Bertz CT molecular complexity index is 862. The van der Waals surface area contributed by atoms with Crippen LogP contribution in [0, 0.1) is 5.82 Å². The van der Waals surface area contributed by atoms with Crippen LogP contribution in [-0.4, -0.2) is 36.0 Å². The van der Waals surface area contributed by atoms with E-state index in [1.807, 2.05) is 0 Å². The lowest BCUT2D eigenvalue weighted by Crippen LogP contribution is -2.06. The molecule has 3 rings (SSSR count). The predicted molar refractivity (Wildman–Crippen MR) is 79.7 cm³/mol. The third-order valence-electron chi connectivity index (χ3n) is 3.25. The van der Waals surface area contributed by atoms with Crippen molar-refractivity contribution < 1.29 is 19.0 Å². The molecule has 0 fully saturated rings. The quantitative estimate of drug-likeness (QED) is 0.759. The summed E-state index contributed by atoms with van der Waals surface area (Å²) in [5, 5.41) is 16.8. The molecule has 1 N–H and O–H groups in total. The Morgan fingerprint density at radius 2 is 2.08 bits per heavy atom. The number of rotatable bonds is 5. The fraction of sp³-hybridized carbons (Fsp3) is 0.133. The van der Waals surface area contributed by atoms with Crippen LogP contribution in [0.5, 0.6) is 5.88 Å². The highest BCUT2D eigenvalue weighted by atomic mass is 19.1. The lowest BCUT2D eigenvalue weighted by molar-refractivity contribution is 0.0696. The van der Waals surface area contributed by atoms with Gasteiger partial charge in [0.2, 0.25) is 5.88 Å². The zero-order valence-electron chi connectivity index (χ0n) is 12.5. The number of pyridine rings is 2. The van der Waals surface area contributed by atoms with Crippen LogP contribution in [0.3, 0.4) is 0 Å². The number of aryl methyl sites for hydroxylation is 1. The third-order valence-corrected chi connectivity index (χ3v) is 3.25. The molecule has 0 aliphatic heterocycles. The molecule has 9 heteroatoms. The minimum Gasteiger partial charge on any atom is -0.478 e. The molecule has 0 aromatic carbocycles. The lowest BCUT2D eigenvalue weighted by Gasteiger charge is -2.07. The van der Waals surface area contributed by atoms with Crippen LogP contribution in [0.2, 0.25) is 0 Å². The summed E-state index contributed by atoms with van der Waals surface area (Å²) >= 11 is 0. The first-order valence-corrected chi connectivity index (χ1v) is 6.87. The normalized spacial score (nSPS) is 10.6. The molecule has 3 heterocycles. The van der Waals surface area contributed by atoms with E-state index in [4.69, 9.17) is 9.84 Å². The molecular weight excluding hydrogens is 317 g/mol. The van der Waals surface area contributed by atoms with Crippen LogP contribution < -0.4 is 4.74 Å². The van der Waals surface area contributed by atoms with Gasteiger partial charge in [0.1, 0.15) is 23.8 Å². The molecule has 0 saturated heterocycles. The lowest BCUT2D eigenvalue weighted by atomic mass is 10.2. The Hall–Kier alpha value is -3.36. The second kappa shape index (κ2) is 6.41. The van der Waals surface area contributed by atoms with E-state index >= 15 is 0 Å². The molecule has 0 aliphatic rings. The number of aromatic nitrogens is 5. The first-order valence-electron chi connectivity index (χ1n) is 6.87. The number of hydrogen-bond acceptors (Lipinski definition) is 6. The molecule has 0 spiro atoms. The minimum absolute atomic E-state index is 0.0701. The van der Waals surface area contributed by atoms with Crippen molar-refractivity contribution in [2.24, 2.45) is 7.05 Å². The SMILES string of the molecule is Cn1nnc(-c2ccc(F)cn2)c1COc1ccc(C(=O)O)cn1. The van der Waals surface area contributed by atoms with Crippen LogP contribution in [-0.2, 0) is 13.7 Å². The average Bonchev–Trinajstić information content (AvgIpc) is 2.95. The van der Waals surface area contributed by atoms with E-state index < -0.39 is 11.8 Å². The van der Waals surface area contributed by atoms with E-state index in [0.717, 1.165) is 6.20 Å². The summed E-state index contributed by atoms with van der Waals surface area (Å²) in [5.41, 5.74) is 1.64. The van der Waals surface area contributed by atoms with Gasteiger partial charge < -0.3 is 9.84 Å².